The average molecular weight is 276 g/mol. The van der Waals surface area contributed by atoms with Crippen molar-refractivity contribution in [1.82, 2.24) is 20.1 Å². The number of nitrogens with one attached hydrogen (secondary N) is 1. The topological polar surface area (TPSA) is 122 Å². The average Bonchev–Trinajstić information content (AvgIpc) is 3.07. The lowest BCUT2D eigenvalue weighted by atomic mass is 10.1. The number of carbonyl (C=O) groups is 2. The number of H-pyrrole nitrogens is 1. The highest BCUT2D eigenvalue weighted by molar-refractivity contribution is 6.42. The van der Waals surface area contributed by atoms with Gasteiger partial charge in [-0.25, -0.2) is 14.2 Å². The van der Waals surface area contributed by atoms with E-state index >= 15 is 0 Å². The number of hydrogen-bond acceptors (Lipinski definition) is 6. The minimum Gasteiger partial charge on any atom is -0.475 e. The van der Waals surface area contributed by atoms with E-state index in [2.05, 4.69) is 24.6 Å². The number of hydrogen-bond donors (Lipinski definition) is 2. The molecule has 0 radical (unpaired) electrons. The van der Waals surface area contributed by atoms with Crippen LogP contribution >= 0.6 is 0 Å². The number of Topliss-reactive ketones (excluding diaryl/α,β-unsaturated/α-hetero) is 1. The molecule has 0 unspecified atom stereocenters. The lowest BCUT2D eigenvalue weighted by Gasteiger charge is -1.99. The molecule has 0 aliphatic heterocycles. The monoisotopic (exact) mass is 276 g/mol. The summed E-state index contributed by atoms with van der Waals surface area (Å²) in [6, 6.07) is 0. The molecule has 9 heteroatoms. The van der Waals surface area contributed by atoms with E-state index in [9.17, 15) is 14.0 Å². The molecule has 8 nitrogen and oxygen atoms in total. The van der Waals surface area contributed by atoms with E-state index in [-0.39, 0.29) is 28.0 Å². The van der Waals surface area contributed by atoms with Crippen LogP contribution in [-0.2, 0) is 4.79 Å². The highest BCUT2D eigenvalue weighted by atomic mass is 19.1. The van der Waals surface area contributed by atoms with Crippen LogP contribution in [0.1, 0.15) is 10.4 Å². The Bertz CT molecular complexity index is 824. The first-order chi connectivity index (χ1) is 9.59. The molecular weight excluding hydrogens is 271 g/mol. The van der Waals surface area contributed by atoms with E-state index in [0.29, 0.717) is 0 Å². The quantitative estimate of drug-likeness (QED) is 0.540. The van der Waals surface area contributed by atoms with E-state index in [1.165, 1.54) is 0 Å². The van der Waals surface area contributed by atoms with Crippen molar-refractivity contribution in [3.8, 4) is 11.5 Å². The smallest absolute Gasteiger partial charge is 0.377 e. The first-order valence-electron chi connectivity index (χ1n) is 5.29. The summed E-state index contributed by atoms with van der Waals surface area (Å²) in [6.07, 6.45) is 3.04. The van der Waals surface area contributed by atoms with E-state index in [1.807, 2.05) is 0 Å². The zero-order chi connectivity index (χ0) is 14.3. The highest BCUT2D eigenvalue weighted by Crippen LogP contribution is 2.28. The summed E-state index contributed by atoms with van der Waals surface area (Å²) >= 11 is 0. The number of carbonyl (C=O) groups excluding carboxylic acids is 1. The summed E-state index contributed by atoms with van der Waals surface area (Å²) in [5, 5.41) is 12.1. The van der Waals surface area contributed by atoms with E-state index in [4.69, 9.17) is 5.11 Å². The third-order valence-corrected chi connectivity index (χ3v) is 2.67. The Hall–Kier alpha value is -3.10. The molecule has 0 atom stereocenters. The zero-order valence-electron chi connectivity index (χ0n) is 9.62. The van der Waals surface area contributed by atoms with Gasteiger partial charge in [-0.05, 0) is 0 Å². The normalized spacial score (nSPS) is 10.8. The maximum Gasteiger partial charge on any atom is 0.377 e. The first-order valence-corrected chi connectivity index (χ1v) is 5.29. The number of aromatic amines is 1. The van der Waals surface area contributed by atoms with Crippen molar-refractivity contribution in [3.63, 3.8) is 0 Å². The number of fused-ring (bicyclic) bond motifs is 1. The van der Waals surface area contributed by atoms with Crippen molar-refractivity contribution in [2.75, 3.05) is 0 Å². The number of ketones is 1. The second kappa shape index (κ2) is 4.23. The van der Waals surface area contributed by atoms with Crippen LogP contribution in [0, 0.1) is 5.82 Å². The van der Waals surface area contributed by atoms with Crippen molar-refractivity contribution in [2.45, 2.75) is 0 Å². The lowest BCUT2D eigenvalue weighted by molar-refractivity contribution is -0.131. The van der Waals surface area contributed by atoms with Crippen molar-refractivity contribution in [1.29, 1.82) is 0 Å². The standard InChI is InChI=1S/C11H5FN4O4/c12-5-2-14-8(10-15-3-20-16-10)7-6(5)4(1-13-7)9(17)11(18)19/h1-3,13H,(H,18,19). The number of halogens is 1. The predicted octanol–water partition coefficient (Wildman–Crippen LogP) is 1.02. The van der Waals surface area contributed by atoms with Gasteiger partial charge in [0.2, 0.25) is 12.2 Å². The molecule has 0 saturated carbocycles. The van der Waals surface area contributed by atoms with Gasteiger partial charge in [0.1, 0.15) is 5.69 Å². The molecule has 0 amide bonds. The van der Waals surface area contributed by atoms with E-state index in [1.54, 1.807) is 0 Å². The number of nitrogens with zero attached hydrogens (tertiary/aromatic N) is 3. The van der Waals surface area contributed by atoms with Gasteiger partial charge >= 0.3 is 5.97 Å². The maximum atomic E-state index is 13.8. The second-order valence-corrected chi connectivity index (χ2v) is 3.80. The molecular formula is C11H5FN4O4. The van der Waals surface area contributed by atoms with Crippen molar-refractivity contribution >= 4 is 22.7 Å². The van der Waals surface area contributed by atoms with Gasteiger partial charge in [-0.2, -0.15) is 4.98 Å². The van der Waals surface area contributed by atoms with Crippen LogP contribution in [0.5, 0.6) is 0 Å². The minimum absolute atomic E-state index is 0.0890. The van der Waals surface area contributed by atoms with Gasteiger partial charge in [-0.1, -0.05) is 5.16 Å². The Morgan fingerprint density at radius 1 is 1.35 bits per heavy atom. The summed E-state index contributed by atoms with van der Waals surface area (Å²) in [4.78, 5) is 32.4. The Kier molecular flexibility index (Phi) is 2.53. The zero-order valence-corrected chi connectivity index (χ0v) is 9.62. The van der Waals surface area contributed by atoms with Crippen LogP contribution in [-0.4, -0.2) is 37.0 Å². The summed E-state index contributed by atoms with van der Waals surface area (Å²) in [6.45, 7) is 0. The number of rotatable bonds is 3. The van der Waals surface area contributed by atoms with Gasteiger partial charge in [0.15, 0.2) is 5.82 Å². The molecule has 20 heavy (non-hydrogen) atoms. The summed E-state index contributed by atoms with van der Waals surface area (Å²) in [5.74, 6) is -3.63. The fourth-order valence-electron chi connectivity index (χ4n) is 1.85. The van der Waals surface area contributed by atoms with Crippen LogP contribution < -0.4 is 0 Å². The molecule has 0 aliphatic carbocycles. The molecule has 3 aromatic heterocycles. The SMILES string of the molecule is O=C(O)C(=O)c1c[nH]c2c(-c3ncon3)ncc(F)c12. The van der Waals surface area contributed by atoms with Crippen LogP contribution in [0.15, 0.2) is 23.3 Å². The lowest BCUT2D eigenvalue weighted by Crippen LogP contribution is -2.12. The molecule has 0 saturated heterocycles. The number of aliphatic carboxylic acids is 1. The number of pyridine rings is 1. The van der Waals surface area contributed by atoms with Gasteiger partial charge in [-0.3, -0.25) is 4.79 Å². The van der Waals surface area contributed by atoms with Crippen LogP contribution in [0.25, 0.3) is 22.4 Å². The maximum absolute atomic E-state index is 13.8. The number of carboxylic acid groups (broad SMARTS) is 1. The molecule has 3 aromatic rings. The Morgan fingerprint density at radius 2 is 2.15 bits per heavy atom. The number of carboxylic acids is 1. The van der Waals surface area contributed by atoms with Crippen LogP contribution in [0.2, 0.25) is 0 Å². The molecule has 2 N–H and O–H groups in total. The van der Waals surface area contributed by atoms with Crippen LogP contribution in [0.4, 0.5) is 4.39 Å². The molecule has 100 valence electrons. The summed E-state index contributed by atoms with van der Waals surface area (Å²) < 4.78 is 18.4. The third kappa shape index (κ3) is 1.64. The second-order valence-electron chi connectivity index (χ2n) is 3.80. The largest absolute Gasteiger partial charge is 0.475 e. The first kappa shape index (κ1) is 12.0. The molecule has 0 aliphatic rings. The predicted molar refractivity (Wildman–Crippen MR) is 61.3 cm³/mol. The van der Waals surface area contributed by atoms with Gasteiger partial charge in [0, 0.05) is 6.20 Å². The Morgan fingerprint density at radius 3 is 2.80 bits per heavy atom. The van der Waals surface area contributed by atoms with Crippen LogP contribution in [0.3, 0.4) is 0 Å². The van der Waals surface area contributed by atoms with Crippen molar-refractivity contribution < 1.29 is 23.6 Å². The summed E-state index contributed by atoms with van der Waals surface area (Å²) in [5.41, 5.74) is -0.0206. The number of aromatic nitrogens is 4. The molecule has 0 fully saturated rings. The van der Waals surface area contributed by atoms with Gasteiger partial charge in [-0.15, -0.1) is 0 Å². The molecule has 0 spiro atoms. The fraction of sp³-hybridized carbons (Fsp3) is 0. The Balaban J connectivity index is 2.31. The van der Waals surface area contributed by atoms with Gasteiger partial charge in [0.05, 0.1) is 22.7 Å². The fourth-order valence-corrected chi connectivity index (χ4v) is 1.85. The third-order valence-electron chi connectivity index (χ3n) is 2.67. The van der Waals surface area contributed by atoms with Gasteiger partial charge < -0.3 is 14.6 Å². The van der Waals surface area contributed by atoms with Crippen molar-refractivity contribution in [2.24, 2.45) is 0 Å². The van der Waals surface area contributed by atoms with Crippen molar-refractivity contribution in [3.05, 3.63) is 30.2 Å². The highest BCUT2D eigenvalue weighted by Gasteiger charge is 2.24. The molecule has 3 heterocycles. The van der Waals surface area contributed by atoms with E-state index < -0.39 is 17.6 Å². The Labute approximate surface area is 109 Å². The molecule has 3 rings (SSSR count). The van der Waals surface area contributed by atoms with Gasteiger partial charge in [0.25, 0.3) is 5.78 Å². The molecule has 0 bridgehead atoms. The molecule has 0 aromatic carbocycles. The van der Waals surface area contributed by atoms with E-state index in [0.717, 1.165) is 18.8 Å². The summed E-state index contributed by atoms with van der Waals surface area (Å²) in [7, 11) is 0. The minimum atomic E-state index is -1.68.